The molecule has 56 valence electrons. The van der Waals surface area contributed by atoms with E-state index in [1.54, 1.807) is 6.08 Å². The molecule has 0 N–H and O–H groups in total. The van der Waals surface area contributed by atoms with Gasteiger partial charge in [0.25, 0.3) is 0 Å². The summed E-state index contributed by atoms with van der Waals surface area (Å²) in [7, 11) is 1.31. The lowest BCUT2D eigenvalue weighted by Crippen LogP contribution is -1.68. The zero-order valence-corrected chi connectivity index (χ0v) is 9.38. The van der Waals surface area contributed by atoms with E-state index < -0.39 is 0 Å². The molecule has 0 rings (SSSR count). The third-order valence-electron chi connectivity index (χ3n) is 0.596. The number of allylic oxidation sites excluding steroid dienone is 1. The quantitative estimate of drug-likeness (QED) is 0.357. The molecule has 0 heterocycles. The molecule has 0 aliphatic heterocycles. The Morgan fingerprint density at radius 1 is 1.44 bits per heavy atom. The van der Waals surface area contributed by atoms with Crippen molar-refractivity contribution in [3.8, 4) is 0 Å². The summed E-state index contributed by atoms with van der Waals surface area (Å²) in [6, 6.07) is 1.35. The van der Waals surface area contributed by atoms with Gasteiger partial charge in [-0.3, -0.25) is 0 Å². The number of halogens is 2. The highest BCUT2D eigenvalue weighted by Gasteiger charge is 1.70. The molecule has 0 fully saturated rings. The van der Waals surface area contributed by atoms with E-state index in [9.17, 15) is 0 Å². The van der Waals surface area contributed by atoms with E-state index in [0.717, 1.165) is 5.88 Å². The van der Waals surface area contributed by atoms with Crippen LogP contribution in [-0.4, -0.2) is 22.0 Å². The lowest BCUT2D eigenvalue weighted by Gasteiger charge is -1.77. The number of hydrogen-bond donors (Lipinski definition) is 0. The SMILES string of the molecule is C=CCCl.[SiH3]CCCCl. The largest absolute Gasteiger partial charge is 0.127 e. The van der Waals surface area contributed by atoms with E-state index in [1.807, 2.05) is 0 Å². The average molecular weight is 185 g/mol. The maximum Gasteiger partial charge on any atom is 0.0401 e. The molecule has 0 bridgehead atoms. The van der Waals surface area contributed by atoms with Gasteiger partial charge in [-0.2, -0.15) is 0 Å². The van der Waals surface area contributed by atoms with Crippen molar-refractivity contribution in [3.05, 3.63) is 12.7 Å². The van der Waals surface area contributed by atoms with Crippen molar-refractivity contribution in [2.24, 2.45) is 0 Å². The first kappa shape index (κ1) is 12.2. The summed E-state index contributed by atoms with van der Waals surface area (Å²) in [5.74, 6) is 1.41. The summed E-state index contributed by atoms with van der Waals surface area (Å²) in [5, 5.41) is 0. The fourth-order valence-electron chi connectivity index (χ4n) is 0.134. The Kier molecular flexibility index (Phi) is 21.5. The van der Waals surface area contributed by atoms with E-state index in [2.05, 4.69) is 6.58 Å². The first-order valence-corrected chi connectivity index (χ1v) is 5.54. The van der Waals surface area contributed by atoms with Gasteiger partial charge in [-0.05, 0) is 6.42 Å². The van der Waals surface area contributed by atoms with Crippen molar-refractivity contribution in [2.75, 3.05) is 11.8 Å². The van der Waals surface area contributed by atoms with Gasteiger partial charge in [0.05, 0.1) is 0 Å². The van der Waals surface area contributed by atoms with E-state index in [0.29, 0.717) is 5.88 Å². The average Bonchev–Trinajstić information content (AvgIpc) is 1.91. The molecule has 0 aromatic rings. The molecule has 0 radical (unpaired) electrons. The lowest BCUT2D eigenvalue weighted by atomic mass is 10.6. The van der Waals surface area contributed by atoms with Crippen molar-refractivity contribution in [1.82, 2.24) is 0 Å². The fraction of sp³-hybridized carbons (Fsp3) is 0.667. The highest BCUT2D eigenvalue weighted by atomic mass is 35.5. The third kappa shape index (κ3) is 29.2. The maximum absolute atomic E-state index is 5.32. The second kappa shape index (κ2) is 15.8. The fourth-order valence-corrected chi connectivity index (χ4v) is 1.20. The molecular weight excluding hydrogens is 171 g/mol. The molecule has 0 aromatic heterocycles. The van der Waals surface area contributed by atoms with Crippen LogP contribution in [0.1, 0.15) is 6.42 Å². The Morgan fingerprint density at radius 3 is 1.89 bits per heavy atom. The maximum atomic E-state index is 5.32. The van der Waals surface area contributed by atoms with Crippen LogP contribution in [0, 0.1) is 0 Å². The highest BCUT2D eigenvalue weighted by molar-refractivity contribution is 6.18. The number of hydrogen-bond acceptors (Lipinski definition) is 0. The highest BCUT2D eigenvalue weighted by Crippen LogP contribution is 1.84. The predicted molar refractivity (Wildman–Crippen MR) is 51.0 cm³/mol. The van der Waals surface area contributed by atoms with E-state index in [4.69, 9.17) is 23.2 Å². The van der Waals surface area contributed by atoms with Crippen molar-refractivity contribution in [1.29, 1.82) is 0 Å². The van der Waals surface area contributed by atoms with Crippen molar-refractivity contribution < 1.29 is 0 Å². The van der Waals surface area contributed by atoms with Crippen LogP contribution in [-0.2, 0) is 0 Å². The van der Waals surface area contributed by atoms with Crippen LogP contribution in [0.2, 0.25) is 6.04 Å². The van der Waals surface area contributed by atoms with E-state index >= 15 is 0 Å². The molecule has 0 saturated heterocycles. The summed E-state index contributed by atoms with van der Waals surface area (Å²) in [4.78, 5) is 0. The Labute approximate surface area is 70.7 Å². The van der Waals surface area contributed by atoms with Crippen LogP contribution in [0.3, 0.4) is 0 Å². The minimum atomic E-state index is 0.556. The molecule has 0 aliphatic rings. The van der Waals surface area contributed by atoms with Crippen LogP contribution in [0.15, 0.2) is 12.7 Å². The van der Waals surface area contributed by atoms with Crippen molar-refractivity contribution in [3.63, 3.8) is 0 Å². The van der Waals surface area contributed by atoms with Gasteiger partial charge in [0, 0.05) is 22.0 Å². The van der Waals surface area contributed by atoms with E-state index in [1.165, 1.54) is 22.7 Å². The summed E-state index contributed by atoms with van der Waals surface area (Å²) in [6.07, 6.45) is 2.86. The Bertz CT molecular complexity index is 46.3. The molecule has 0 spiro atoms. The van der Waals surface area contributed by atoms with Crippen molar-refractivity contribution in [2.45, 2.75) is 12.5 Å². The second-order valence-corrected chi connectivity index (χ2v) is 3.17. The minimum absolute atomic E-state index is 0.556. The van der Waals surface area contributed by atoms with E-state index in [-0.39, 0.29) is 0 Å². The molecule has 3 heteroatoms. The summed E-state index contributed by atoms with van der Waals surface area (Å²) >= 11 is 10.4. The molecule has 0 aromatic carbocycles. The van der Waals surface area contributed by atoms with Gasteiger partial charge >= 0.3 is 0 Å². The molecule has 0 nitrogen and oxygen atoms in total. The lowest BCUT2D eigenvalue weighted by molar-refractivity contribution is 1.09. The molecule has 0 atom stereocenters. The van der Waals surface area contributed by atoms with Crippen LogP contribution in [0.5, 0.6) is 0 Å². The normalized spacial score (nSPS) is 7.78. The first-order chi connectivity index (χ1) is 4.33. The molecule has 0 aliphatic carbocycles. The van der Waals surface area contributed by atoms with Gasteiger partial charge < -0.3 is 0 Å². The first-order valence-electron chi connectivity index (χ1n) is 3.06. The second-order valence-electron chi connectivity index (χ2n) is 1.49. The smallest absolute Gasteiger partial charge is 0.0401 e. The monoisotopic (exact) mass is 184 g/mol. The summed E-state index contributed by atoms with van der Waals surface area (Å²) in [5.41, 5.74) is 0. The molecule has 0 amide bonds. The Balaban J connectivity index is 0. The molecule has 0 unspecified atom stereocenters. The third-order valence-corrected chi connectivity index (χ3v) is 1.79. The van der Waals surface area contributed by atoms with Gasteiger partial charge in [-0.1, -0.05) is 12.1 Å². The van der Waals surface area contributed by atoms with Gasteiger partial charge in [0.1, 0.15) is 0 Å². The zero-order chi connectivity index (χ0) is 7.54. The minimum Gasteiger partial charge on any atom is -0.127 e. The standard InChI is InChI=1S/C3H9ClSi.C3H5Cl/c4-2-1-3-5;1-2-3-4/h1-3H2,5H3;2H,1,3H2. The molecular formula is C6H14Cl2Si. The van der Waals surface area contributed by atoms with Gasteiger partial charge in [-0.25, -0.2) is 0 Å². The van der Waals surface area contributed by atoms with Crippen LogP contribution >= 0.6 is 23.2 Å². The predicted octanol–water partition coefficient (Wildman–Crippen LogP) is 1.81. The number of alkyl halides is 2. The summed E-state index contributed by atoms with van der Waals surface area (Å²) < 4.78 is 0. The summed E-state index contributed by atoms with van der Waals surface area (Å²) in [6.45, 7) is 3.35. The Morgan fingerprint density at radius 2 is 1.89 bits per heavy atom. The number of rotatable bonds is 3. The van der Waals surface area contributed by atoms with Crippen LogP contribution in [0.4, 0.5) is 0 Å². The van der Waals surface area contributed by atoms with Crippen LogP contribution < -0.4 is 0 Å². The van der Waals surface area contributed by atoms with Gasteiger partial charge in [0.15, 0.2) is 0 Å². The topological polar surface area (TPSA) is 0 Å². The van der Waals surface area contributed by atoms with Gasteiger partial charge in [0.2, 0.25) is 0 Å². The van der Waals surface area contributed by atoms with Gasteiger partial charge in [-0.15, -0.1) is 29.8 Å². The zero-order valence-electron chi connectivity index (χ0n) is 5.87. The molecule has 0 saturated carbocycles. The molecule has 9 heavy (non-hydrogen) atoms. The Hall–Kier alpha value is 0.537. The van der Waals surface area contributed by atoms with Crippen LogP contribution in [0.25, 0.3) is 0 Å². The van der Waals surface area contributed by atoms with Crippen molar-refractivity contribution >= 4 is 33.4 Å².